The van der Waals surface area contributed by atoms with E-state index >= 15 is 0 Å². The highest BCUT2D eigenvalue weighted by atomic mass is 32.1. The van der Waals surface area contributed by atoms with E-state index in [1.165, 1.54) is 18.4 Å². The molecule has 0 aliphatic heterocycles. The maximum atomic E-state index is 4.71. The van der Waals surface area contributed by atoms with Crippen LogP contribution in [-0.4, -0.2) is 23.1 Å². The lowest BCUT2D eigenvalue weighted by Gasteiger charge is -2.23. The topological polar surface area (TPSA) is 41.1 Å². The highest BCUT2D eigenvalue weighted by Gasteiger charge is 2.30. The van der Waals surface area contributed by atoms with Crippen molar-refractivity contribution < 1.29 is 0 Å². The lowest BCUT2D eigenvalue weighted by Crippen LogP contribution is -2.26. The Bertz CT molecular complexity index is 522. The highest BCUT2D eigenvalue weighted by molar-refractivity contribution is 7.07. The van der Waals surface area contributed by atoms with Gasteiger partial charge in [-0.1, -0.05) is 0 Å². The minimum Gasteiger partial charge on any atom is -0.348 e. The van der Waals surface area contributed by atoms with Gasteiger partial charge in [0.25, 0.3) is 0 Å². The molecule has 2 heterocycles. The zero-order valence-electron chi connectivity index (χ0n) is 11.0. The Morgan fingerprint density at radius 2 is 2.32 bits per heavy atom. The number of hydrogen-bond donors (Lipinski definition) is 1. The van der Waals surface area contributed by atoms with Crippen LogP contribution in [0.15, 0.2) is 29.2 Å². The van der Waals surface area contributed by atoms with Crippen LogP contribution in [0, 0.1) is 0 Å². The SMILES string of the molecule is CNCc1cncc(N(Cc2ccsc2)C2CC2)n1. The normalized spacial score (nSPS) is 14.6. The smallest absolute Gasteiger partial charge is 0.148 e. The molecule has 3 rings (SSSR count). The summed E-state index contributed by atoms with van der Waals surface area (Å²) in [6.07, 6.45) is 6.24. The Labute approximate surface area is 117 Å². The molecule has 0 amide bonds. The minimum atomic E-state index is 0.638. The average molecular weight is 274 g/mol. The van der Waals surface area contributed by atoms with Gasteiger partial charge in [0.1, 0.15) is 5.82 Å². The van der Waals surface area contributed by atoms with Crippen molar-refractivity contribution in [2.45, 2.75) is 32.0 Å². The molecule has 0 aromatic carbocycles. The summed E-state index contributed by atoms with van der Waals surface area (Å²) in [4.78, 5) is 11.4. The summed E-state index contributed by atoms with van der Waals surface area (Å²) in [5.74, 6) is 1.00. The van der Waals surface area contributed by atoms with E-state index in [4.69, 9.17) is 4.98 Å². The molecule has 1 N–H and O–H groups in total. The fraction of sp³-hybridized carbons (Fsp3) is 0.429. The van der Waals surface area contributed by atoms with Crippen molar-refractivity contribution in [1.82, 2.24) is 15.3 Å². The molecule has 2 aromatic rings. The number of aromatic nitrogens is 2. The van der Waals surface area contributed by atoms with Crippen molar-refractivity contribution in [2.75, 3.05) is 11.9 Å². The van der Waals surface area contributed by atoms with Gasteiger partial charge in [0.15, 0.2) is 0 Å². The van der Waals surface area contributed by atoms with Gasteiger partial charge in [-0.2, -0.15) is 11.3 Å². The van der Waals surface area contributed by atoms with Crippen molar-refractivity contribution in [2.24, 2.45) is 0 Å². The lowest BCUT2D eigenvalue weighted by atomic mass is 10.3. The molecule has 0 saturated heterocycles. The number of anilines is 1. The summed E-state index contributed by atoms with van der Waals surface area (Å²) < 4.78 is 0. The molecule has 1 aliphatic carbocycles. The fourth-order valence-corrected chi connectivity index (χ4v) is 2.82. The van der Waals surface area contributed by atoms with Gasteiger partial charge in [0.05, 0.1) is 11.9 Å². The van der Waals surface area contributed by atoms with E-state index in [2.05, 4.69) is 32.0 Å². The number of hydrogen-bond acceptors (Lipinski definition) is 5. The van der Waals surface area contributed by atoms with Crippen molar-refractivity contribution in [3.63, 3.8) is 0 Å². The maximum Gasteiger partial charge on any atom is 0.148 e. The number of nitrogens with zero attached hydrogens (tertiary/aromatic N) is 3. The predicted octanol–water partition coefficient (Wildman–Crippen LogP) is 2.43. The van der Waals surface area contributed by atoms with Crippen LogP contribution in [0.25, 0.3) is 0 Å². The van der Waals surface area contributed by atoms with Crippen LogP contribution in [0.2, 0.25) is 0 Å². The Hall–Kier alpha value is -1.46. The van der Waals surface area contributed by atoms with Crippen molar-refractivity contribution >= 4 is 17.2 Å². The average Bonchev–Trinajstić information content (AvgIpc) is 3.14. The molecule has 0 unspecified atom stereocenters. The van der Waals surface area contributed by atoms with Gasteiger partial charge >= 0.3 is 0 Å². The van der Waals surface area contributed by atoms with Crippen molar-refractivity contribution in [1.29, 1.82) is 0 Å². The van der Waals surface area contributed by atoms with Crippen LogP contribution in [0.5, 0.6) is 0 Å². The first-order valence-corrected chi connectivity index (χ1v) is 7.54. The highest BCUT2D eigenvalue weighted by Crippen LogP contribution is 2.32. The van der Waals surface area contributed by atoms with Crippen LogP contribution in [-0.2, 0) is 13.1 Å². The van der Waals surface area contributed by atoms with E-state index in [1.807, 2.05) is 19.4 Å². The van der Waals surface area contributed by atoms with Gasteiger partial charge in [-0.25, -0.2) is 4.98 Å². The zero-order chi connectivity index (χ0) is 13.1. The van der Waals surface area contributed by atoms with Gasteiger partial charge in [-0.3, -0.25) is 4.98 Å². The molecular formula is C14H18N4S. The van der Waals surface area contributed by atoms with E-state index in [1.54, 1.807) is 11.3 Å². The van der Waals surface area contributed by atoms with Gasteiger partial charge in [0.2, 0.25) is 0 Å². The van der Waals surface area contributed by atoms with E-state index in [0.29, 0.717) is 6.04 Å². The molecule has 2 aromatic heterocycles. The summed E-state index contributed by atoms with van der Waals surface area (Å²) in [7, 11) is 1.93. The Morgan fingerprint density at radius 3 is 3.00 bits per heavy atom. The van der Waals surface area contributed by atoms with E-state index in [-0.39, 0.29) is 0 Å². The fourth-order valence-electron chi connectivity index (χ4n) is 2.16. The molecule has 5 heteroatoms. The van der Waals surface area contributed by atoms with Crippen LogP contribution in [0.4, 0.5) is 5.82 Å². The molecule has 0 spiro atoms. The minimum absolute atomic E-state index is 0.638. The first kappa shape index (κ1) is 12.6. The maximum absolute atomic E-state index is 4.71. The summed E-state index contributed by atoms with van der Waals surface area (Å²) in [6.45, 7) is 1.70. The zero-order valence-corrected chi connectivity index (χ0v) is 11.9. The lowest BCUT2D eigenvalue weighted by molar-refractivity contribution is 0.746. The first-order chi connectivity index (χ1) is 9.36. The molecule has 1 saturated carbocycles. The van der Waals surface area contributed by atoms with Crippen LogP contribution in [0.3, 0.4) is 0 Å². The van der Waals surface area contributed by atoms with Crippen LogP contribution < -0.4 is 10.2 Å². The third-order valence-corrected chi connectivity index (χ3v) is 3.98. The first-order valence-electron chi connectivity index (χ1n) is 6.60. The third kappa shape index (κ3) is 3.11. The van der Waals surface area contributed by atoms with E-state index < -0.39 is 0 Å². The Balaban J connectivity index is 1.81. The van der Waals surface area contributed by atoms with Crippen molar-refractivity contribution in [3.05, 3.63) is 40.5 Å². The molecule has 0 atom stereocenters. The summed E-state index contributed by atoms with van der Waals surface area (Å²) in [5, 5.41) is 7.46. The number of rotatable bonds is 6. The van der Waals surface area contributed by atoms with Crippen molar-refractivity contribution in [3.8, 4) is 0 Å². The Kier molecular flexibility index (Phi) is 3.75. The van der Waals surface area contributed by atoms with Crippen LogP contribution in [0.1, 0.15) is 24.1 Å². The monoisotopic (exact) mass is 274 g/mol. The summed E-state index contributed by atoms with van der Waals surface area (Å²) in [6, 6.07) is 2.82. The molecule has 19 heavy (non-hydrogen) atoms. The number of thiophene rings is 1. The largest absolute Gasteiger partial charge is 0.348 e. The quantitative estimate of drug-likeness (QED) is 0.878. The standard InChI is InChI=1S/C14H18N4S/c1-15-6-12-7-16-8-14(17-12)18(13-2-3-13)9-11-4-5-19-10-11/h4-5,7-8,10,13,15H,2-3,6,9H2,1H3. The molecule has 1 aliphatic rings. The molecule has 1 fully saturated rings. The van der Waals surface area contributed by atoms with Gasteiger partial charge in [-0.05, 0) is 42.3 Å². The second kappa shape index (κ2) is 5.67. The Morgan fingerprint density at radius 1 is 1.42 bits per heavy atom. The summed E-state index contributed by atoms with van der Waals surface area (Å²) >= 11 is 1.75. The van der Waals surface area contributed by atoms with E-state index in [9.17, 15) is 0 Å². The third-order valence-electron chi connectivity index (χ3n) is 3.24. The van der Waals surface area contributed by atoms with Crippen LogP contribution >= 0.6 is 11.3 Å². The summed E-state index contributed by atoms with van der Waals surface area (Å²) in [5.41, 5.74) is 2.36. The number of nitrogens with one attached hydrogen (secondary N) is 1. The van der Waals surface area contributed by atoms with Gasteiger partial charge in [-0.15, -0.1) is 0 Å². The molecular weight excluding hydrogens is 256 g/mol. The van der Waals surface area contributed by atoms with E-state index in [0.717, 1.165) is 24.6 Å². The molecule has 0 bridgehead atoms. The predicted molar refractivity (Wildman–Crippen MR) is 78.3 cm³/mol. The molecule has 100 valence electrons. The second-order valence-corrected chi connectivity index (χ2v) is 5.67. The molecule has 4 nitrogen and oxygen atoms in total. The van der Waals surface area contributed by atoms with Gasteiger partial charge < -0.3 is 10.2 Å². The molecule has 0 radical (unpaired) electrons. The second-order valence-electron chi connectivity index (χ2n) is 4.89. The van der Waals surface area contributed by atoms with Gasteiger partial charge in [0, 0.05) is 25.3 Å².